The summed E-state index contributed by atoms with van der Waals surface area (Å²) in [7, 11) is 0. The Morgan fingerprint density at radius 1 is 1.33 bits per heavy atom. The number of halogens is 3. The molecule has 0 radical (unpaired) electrons. The van der Waals surface area contributed by atoms with E-state index in [1.54, 1.807) is 20.8 Å². The Morgan fingerprint density at radius 3 is 2.50 bits per heavy atom. The molecule has 0 saturated carbocycles. The lowest BCUT2D eigenvalue weighted by Gasteiger charge is -2.26. The van der Waals surface area contributed by atoms with Crippen molar-refractivity contribution in [3.63, 3.8) is 0 Å². The number of hydrogen-bond donors (Lipinski definition) is 2. The average molecular weight is 408 g/mol. The first-order chi connectivity index (χ1) is 11.0. The van der Waals surface area contributed by atoms with Crippen molar-refractivity contribution in [2.45, 2.75) is 44.9 Å². The topological polar surface area (TPSA) is 75.6 Å². The summed E-state index contributed by atoms with van der Waals surface area (Å²) in [6.07, 6.45) is -4.26. The number of hydrogen-bond acceptors (Lipinski definition) is 4. The molecule has 24 heavy (non-hydrogen) atoms. The Bertz CT molecular complexity index is 604. The van der Waals surface area contributed by atoms with Gasteiger partial charge in [-0.05, 0) is 39.0 Å². The Hall–Kier alpha value is -1.54. The van der Waals surface area contributed by atoms with E-state index in [9.17, 15) is 23.5 Å². The van der Waals surface area contributed by atoms with Gasteiger partial charge in [0.2, 0.25) is 0 Å². The lowest BCUT2D eigenvalue weighted by molar-refractivity contribution is -0.120. The van der Waals surface area contributed by atoms with Gasteiger partial charge in [-0.25, -0.2) is 13.6 Å². The van der Waals surface area contributed by atoms with E-state index in [2.05, 4.69) is 21.2 Å². The van der Waals surface area contributed by atoms with Gasteiger partial charge in [-0.3, -0.25) is 4.79 Å². The van der Waals surface area contributed by atoms with Crippen molar-refractivity contribution in [3.8, 4) is 0 Å². The number of ketones is 1. The first-order valence-electron chi connectivity index (χ1n) is 7.23. The summed E-state index contributed by atoms with van der Waals surface area (Å²) < 4.78 is 32.2. The highest BCUT2D eigenvalue weighted by molar-refractivity contribution is 9.09. The van der Waals surface area contributed by atoms with Gasteiger partial charge in [0.05, 0.1) is 5.33 Å². The molecule has 1 rings (SSSR count). The van der Waals surface area contributed by atoms with E-state index in [1.165, 1.54) is 0 Å². The van der Waals surface area contributed by atoms with Gasteiger partial charge >= 0.3 is 6.09 Å². The van der Waals surface area contributed by atoms with E-state index in [4.69, 9.17) is 4.74 Å². The highest BCUT2D eigenvalue weighted by Crippen LogP contribution is 2.25. The van der Waals surface area contributed by atoms with Crippen LogP contribution >= 0.6 is 15.9 Å². The number of carbonyl (C=O) groups is 2. The second-order valence-electron chi connectivity index (χ2n) is 6.31. The Balaban J connectivity index is 3.01. The van der Waals surface area contributed by atoms with Crippen LogP contribution in [0.4, 0.5) is 13.6 Å². The fourth-order valence-corrected chi connectivity index (χ4v) is 2.14. The highest BCUT2D eigenvalue weighted by Gasteiger charge is 2.30. The minimum absolute atomic E-state index is 0.0217. The fourth-order valence-electron chi connectivity index (χ4n) is 1.91. The number of nitrogens with one attached hydrogen (secondary N) is 1. The molecule has 0 fully saturated rings. The van der Waals surface area contributed by atoms with E-state index in [0.29, 0.717) is 0 Å². The van der Waals surface area contributed by atoms with E-state index < -0.39 is 35.5 Å². The molecule has 0 saturated heterocycles. The molecule has 0 bridgehead atoms. The van der Waals surface area contributed by atoms with Gasteiger partial charge < -0.3 is 15.2 Å². The second-order valence-corrected chi connectivity index (χ2v) is 6.87. The van der Waals surface area contributed by atoms with Gasteiger partial charge in [0.15, 0.2) is 0 Å². The van der Waals surface area contributed by atoms with Crippen molar-refractivity contribution in [2.75, 3.05) is 5.33 Å². The monoisotopic (exact) mass is 407 g/mol. The van der Waals surface area contributed by atoms with E-state index in [-0.39, 0.29) is 23.1 Å². The van der Waals surface area contributed by atoms with Crippen molar-refractivity contribution in [2.24, 2.45) is 0 Å². The zero-order chi connectivity index (χ0) is 18.5. The number of ether oxygens (including phenoxy) is 1. The van der Waals surface area contributed by atoms with E-state index in [0.717, 1.165) is 18.2 Å². The number of carbonyl (C=O) groups excluding carboxylic acids is 2. The summed E-state index contributed by atoms with van der Waals surface area (Å²) in [5, 5.41) is 12.8. The predicted molar refractivity (Wildman–Crippen MR) is 87.9 cm³/mol. The molecule has 5 nitrogen and oxygen atoms in total. The van der Waals surface area contributed by atoms with Gasteiger partial charge in [0, 0.05) is 17.5 Å². The number of alkyl carbamates (subject to hydrolysis) is 1. The van der Waals surface area contributed by atoms with Gasteiger partial charge in [-0.2, -0.15) is 0 Å². The van der Waals surface area contributed by atoms with Crippen LogP contribution in [0.2, 0.25) is 0 Å². The molecule has 0 aliphatic heterocycles. The minimum atomic E-state index is -1.69. The summed E-state index contributed by atoms with van der Waals surface area (Å²) in [5.41, 5.74) is -0.984. The molecule has 0 heterocycles. The molecule has 1 aromatic rings. The number of Topliss-reactive ketones (excluding diaryl/α,β-unsaturated/α-hetero) is 1. The van der Waals surface area contributed by atoms with Crippen LogP contribution in [0.25, 0.3) is 0 Å². The summed E-state index contributed by atoms with van der Waals surface area (Å²) in [6, 6.07) is 2.56. The summed E-state index contributed by atoms with van der Waals surface area (Å²) in [4.78, 5) is 23.5. The lowest BCUT2D eigenvalue weighted by atomic mass is 10.00. The summed E-state index contributed by atoms with van der Waals surface area (Å²) in [6.45, 7) is 5.15. The first-order valence-corrected chi connectivity index (χ1v) is 8.35. The van der Waals surface area contributed by atoms with Crippen molar-refractivity contribution in [1.29, 1.82) is 0 Å². The number of aliphatic hydroxyl groups excluding tert-OH is 1. The molecule has 0 aliphatic carbocycles. The van der Waals surface area contributed by atoms with Crippen LogP contribution in [0.1, 0.15) is 38.9 Å². The molecule has 0 unspecified atom stereocenters. The van der Waals surface area contributed by atoms with Gasteiger partial charge in [-0.15, -0.1) is 0 Å². The lowest BCUT2D eigenvalue weighted by Crippen LogP contribution is -2.43. The number of amides is 1. The number of rotatable bonds is 6. The number of benzene rings is 1. The van der Waals surface area contributed by atoms with Crippen LogP contribution < -0.4 is 5.32 Å². The largest absolute Gasteiger partial charge is 0.443 e. The van der Waals surface area contributed by atoms with Crippen LogP contribution in [0, 0.1) is 11.6 Å². The number of alkyl halides is 1. The van der Waals surface area contributed by atoms with Gasteiger partial charge in [-0.1, -0.05) is 15.9 Å². The number of aliphatic hydroxyl groups is 1. The van der Waals surface area contributed by atoms with E-state index >= 15 is 0 Å². The molecular weight excluding hydrogens is 388 g/mol. The quantitative estimate of drug-likeness (QED) is 0.709. The molecule has 2 N–H and O–H groups in total. The molecule has 2 atom stereocenters. The van der Waals surface area contributed by atoms with Gasteiger partial charge in [0.25, 0.3) is 0 Å². The Morgan fingerprint density at radius 2 is 1.96 bits per heavy atom. The SMILES string of the molecule is CC(C)(C)NC(=O)O[C@@H](CC(=O)CBr)[C@@H](O)c1cc(F)ccc1F. The Kier molecular flexibility index (Phi) is 7.28. The molecule has 1 amide bonds. The second kappa shape index (κ2) is 8.53. The maximum absolute atomic E-state index is 13.8. The molecule has 8 heteroatoms. The summed E-state index contributed by atoms with van der Waals surface area (Å²) in [5.74, 6) is -1.98. The molecule has 1 aromatic carbocycles. The maximum atomic E-state index is 13.8. The van der Waals surface area contributed by atoms with Crippen LogP contribution in [-0.2, 0) is 9.53 Å². The summed E-state index contributed by atoms with van der Waals surface area (Å²) >= 11 is 2.97. The Labute approximate surface area is 147 Å². The van der Waals surface area contributed by atoms with Crippen molar-refractivity contribution in [1.82, 2.24) is 5.32 Å². The molecular formula is C16H20BrF2NO4. The van der Waals surface area contributed by atoms with E-state index in [1.807, 2.05) is 0 Å². The zero-order valence-electron chi connectivity index (χ0n) is 13.6. The molecule has 0 aliphatic rings. The predicted octanol–water partition coefficient (Wildman–Crippen LogP) is 3.25. The third-order valence-corrected chi connectivity index (χ3v) is 3.57. The third kappa shape index (κ3) is 6.52. The average Bonchev–Trinajstić information content (AvgIpc) is 2.46. The smallest absolute Gasteiger partial charge is 0.407 e. The van der Waals surface area contributed by atoms with Crippen LogP contribution in [0.15, 0.2) is 18.2 Å². The molecule has 134 valence electrons. The first kappa shape index (κ1) is 20.5. The van der Waals surface area contributed by atoms with Crippen LogP contribution in [-0.4, -0.2) is 34.0 Å². The molecule has 0 aromatic heterocycles. The van der Waals surface area contributed by atoms with Gasteiger partial charge in [0.1, 0.15) is 29.6 Å². The fraction of sp³-hybridized carbons (Fsp3) is 0.500. The zero-order valence-corrected chi connectivity index (χ0v) is 15.2. The van der Waals surface area contributed by atoms with Crippen molar-refractivity contribution >= 4 is 27.8 Å². The van der Waals surface area contributed by atoms with Crippen LogP contribution in [0.5, 0.6) is 0 Å². The standard InChI is InChI=1S/C16H20BrF2NO4/c1-16(2,3)20-15(23)24-13(7-10(21)8-17)14(22)11-6-9(18)4-5-12(11)19/h4-6,13-14,22H,7-8H2,1-3H3,(H,20,23)/t13-,14-/m0/s1. The normalized spacial score (nSPS) is 14.0. The maximum Gasteiger partial charge on any atom is 0.407 e. The van der Waals surface area contributed by atoms with Crippen molar-refractivity contribution in [3.05, 3.63) is 35.4 Å². The third-order valence-electron chi connectivity index (χ3n) is 2.94. The minimum Gasteiger partial charge on any atom is -0.443 e. The van der Waals surface area contributed by atoms with Crippen molar-refractivity contribution < 1.29 is 28.2 Å². The molecule has 0 spiro atoms. The van der Waals surface area contributed by atoms with Crippen LogP contribution in [0.3, 0.4) is 0 Å². The highest BCUT2D eigenvalue weighted by atomic mass is 79.9.